The summed E-state index contributed by atoms with van der Waals surface area (Å²) in [6.45, 7) is 6.64. The van der Waals surface area contributed by atoms with E-state index >= 15 is 0 Å². The smallest absolute Gasteiger partial charge is 0.263 e. The van der Waals surface area contributed by atoms with E-state index in [-0.39, 0.29) is 47.9 Å². The van der Waals surface area contributed by atoms with Crippen LogP contribution >= 0.6 is 11.3 Å². The number of carbonyl (C=O) groups is 6. The second-order valence-electron chi connectivity index (χ2n) is 14.7. The van der Waals surface area contributed by atoms with Crippen molar-refractivity contribution in [2.75, 3.05) is 25.6 Å². The molecule has 6 rings (SSSR count). The molecule has 14 nitrogen and oxygen atoms in total. The van der Waals surface area contributed by atoms with Gasteiger partial charge in [-0.2, -0.15) is 0 Å². The lowest BCUT2D eigenvalue weighted by atomic mass is 10.1. The SMILES string of the molecule is CCOc1cc(CN2C(=O)c3cccc(NC(=O)CCCCCCNCc4ccc(OCc5scc6c5CN(C(C)CCC(=O)NC=O)C6=O)cc4)c3C2=O)ccc1OC. The van der Waals surface area contributed by atoms with E-state index in [9.17, 15) is 28.8 Å². The molecule has 3 N–H and O–H groups in total. The van der Waals surface area contributed by atoms with Crippen molar-refractivity contribution in [2.45, 2.75) is 91.1 Å². The number of hydrogen-bond donors (Lipinski definition) is 3. The maximum atomic E-state index is 13.5. The van der Waals surface area contributed by atoms with Crippen molar-refractivity contribution in [1.29, 1.82) is 0 Å². The maximum Gasteiger partial charge on any atom is 0.263 e. The lowest BCUT2D eigenvalue weighted by Gasteiger charge is -2.24. The Morgan fingerprint density at radius 2 is 1.65 bits per heavy atom. The molecule has 1 unspecified atom stereocenters. The molecule has 0 spiro atoms. The highest BCUT2D eigenvalue weighted by atomic mass is 32.1. The first-order valence-electron chi connectivity index (χ1n) is 20.3. The van der Waals surface area contributed by atoms with Gasteiger partial charge in [0.25, 0.3) is 17.7 Å². The van der Waals surface area contributed by atoms with Crippen LogP contribution in [0.15, 0.2) is 66.0 Å². The van der Waals surface area contributed by atoms with Gasteiger partial charge in [-0.15, -0.1) is 11.3 Å². The maximum absolute atomic E-state index is 13.5. The minimum atomic E-state index is -0.452. The number of nitrogens with one attached hydrogen (secondary N) is 3. The monoisotopic (exact) mass is 837 g/mol. The molecule has 0 bridgehead atoms. The van der Waals surface area contributed by atoms with Crippen LogP contribution in [0.3, 0.4) is 0 Å². The summed E-state index contributed by atoms with van der Waals surface area (Å²) >= 11 is 1.51. The van der Waals surface area contributed by atoms with Gasteiger partial charge >= 0.3 is 0 Å². The predicted octanol–water partition coefficient (Wildman–Crippen LogP) is 6.61. The van der Waals surface area contributed by atoms with E-state index in [1.807, 2.05) is 43.5 Å². The predicted molar refractivity (Wildman–Crippen MR) is 226 cm³/mol. The second kappa shape index (κ2) is 20.8. The van der Waals surface area contributed by atoms with Crippen molar-refractivity contribution in [3.05, 3.63) is 104 Å². The number of ether oxygens (including phenoxy) is 3. The number of fused-ring (bicyclic) bond motifs is 2. The zero-order valence-corrected chi connectivity index (χ0v) is 35.0. The minimum Gasteiger partial charge on any atom is -0.493 e. The molecule has 6 amide bonds. The molecule has 2 aliphatic heterocycles. The van der Waals surface area contributed by atoms with E-state index in [1.54, 1.807) is 48.4 Å². The highest BCUT2D eigenvalue weighted by molar-refractivity contribution is 7.10. The zero-order valence-electron chi connectivity index (χ0n) is 34.2. The third-order valence-electron chi connectivity index (χ3n) is 10.6. The Labute approximate surface area is 353 Å². The third-order valence-corrected chi connectivity index (χ3v) is 11.6. The summed E-state index contributed by atoms with van der Waals surface area (Å²) in [6, 6.07) is 18.0. The summed E-state index contributed by atoms with van der Waals surface area (Å²) in [5, 5.41) is 10.3. The molecule has 1 atom stereocenters. The lowest BCUT2D eigenvalue weighted by molar-refractivity contribution is -0.125. The van der Waals surface area contributed by atoms with Crippen LogP contribution in [0.2, 0.25) is 0 Å². The van der Waals surface area contributed by atoms with E-state index in [1.165, 1.54) is 16.2 Å². The van der Waals surface area contributed by atoms with Crippen molar-refractivity contribution in [3.8, 4) is 17.2 Å². The summed E-state index contributed by atoms with van der Waals surface area (Å²) < 4.78 is 17.1. The van der Waals surface area contributed by atoms with Gasteiger partial charge in [-0.05, 0) is 87.2 Å². The topological polar surface area (TPSA) is 173 Å². The van der Waals surface area contributed by atoms with Crippen molar-refractivity contribution < 1.29 is 43.0 Å². The van der Waals surface area contributed by atoms with Gasteiger partial charge in [0.1, 0.15) is 12.4 Å². The normalized spacial score (nSPS) is 13.6. The molecule has 3 aromatic carbocycles. The van der Waals surface area contributed by atoms with E-state index in [4.69, 9.17) is 14.2 Å². The first-order valence-corrected chi connectivity index (χ1v) is 21.1. The average Bonchev–Trinajstić information content (AvgIpc) is 3.88. The van der Waals surface area contributed by atoms with Crippen LogP contribution in [0, 0.1) is 0 Å². The van der Waals surface area contributed by atoms with Gasteiger partial charge in [-0.1, -0.05) is 37.1 Å². The number of unbranched alkanes of at least 4 members (excludes halogenated alkanes) is 3. The quantitative estimate of drug-likeness (QED) is 0.0420. The van der Waals surface area contributed by atoms with Gasteiger partial charge < -0.3 is 29.7 Å². The fraction of sp³-hybridized carbons (Fsp3) is 0.378. The molecule has 0 fully saturated rings. The first kappa shape index (κ1) is 43.5. The number of imide groups is 2. The summed E-state index contributed by atoms with van der Waals surface area (Å²) in [7, 11) is 1.55. The molecule has 0 radical (unpaired) electrons. The number of amides is 6. The van der Waals surface area contributed by atoms with Crippen LogP contribution in [0.4, 0.5) is 5.69 Å². The highest BCUT2D eigenvalue weighted by Gasteiger charge is 2.38. The Bertz CT molecular complexity index is 2200. The summed E-state index contributed by atoms with van der Waals surface area (Å²) in [5.74, 6) is 0.364. The number of hydrogen-bond acceptors (Lipinski definition) is 11. The van der Waals surface area contributed by atoms with Crippen molar-refractivity contribution in [3.63, 3.8) is 0 Å². The second-order valence-corrected chi connectivity index (χ2v) is 15.7. The molecule has 15 heteroatoms. The van der Waals surface area contributed by atoms with Crippen LogP contribution < -0.4 is 30.2 Å². The molecule has 0 aliphatic carbocycles. The standard InChI is InChI=1S/C45H51N5O9S/c1-4-58-38-22-31(16-19-37(38)57-3)24-50-43(54)33-10-9-11-36(42(33)45(50)56)48-41(53)12-7-5-6-8-21-46-23-30-14-17-32(18-15-30)59-26-39-34-25-49(44(55)35(34)27-60-39)29(2)13-20-40(52)47-28-51/h9-11,14-19,22,27-29,46H,4-8,12-13,20-21,23-26H2,1-3H3,(H,48,53)(H,47,51,52). The molecule has 2 aliphatic rings. The Morgan fingerprint density at radius 1 is 0.867 bits per heavy atom. The molecule has 0 saturated carbocycles. The van der Waals surface area contributed by atoms with Gasteiger partial charge in [-0.3, -0.25) is 39.0 Å². The van der Waals surface area contributed by atoms with Gasteiger partial charge in [-0.25, -0.2) is 0 Å². The zero-order chi connectivity index (χ0) is 42.6. The number of rotatable bonds is 23. The molecular formula is C45H51N5O9S. The van der Waals surface area contributed by atoms with Crippen LogP contribution in [-0.4, -0.2) is 72.0 Å². The van der Waals surface area contributed by atoms with Crippen LogP contribution in [0.1, 0.15) is 111 Å². The molecule has 316 valence electrons. The lowest BCUT2D eigenvalue weighted by Crippen LogP contribution is -2.34. The van der Waals surface area contributed by atoms with Crippen molar-refractivity contribution >= 4 is 53.0 Å². The number of nitrogens with zero attached hydrogens (tertiary/aromatic N) is 2. The minimum absolute atomic E-state index is 0.0470. The molecule has 4 aromatic rings. The van der Waals surface area contributed by atoms with Gasteiger partial charge in [0.05, 0.1) is 42.6 Å². The average molecular weight is 838 g/mol. The van der Waals surface area contributed by atoms with Crippen molar-refractivity contribution in [1.82, 2.24) is 20.4 Å². The fourth-order valence-electron chi connectivity index (χ4n) is 7.32. The molecule has 0 saturated heterocycles. The molecule has 3 heterocycles. The molecule has 1 aromatic heterocycles. The number of benzene rings is 3. The van der Waals surface area contributed by atoms with Gasteiger partial charge in [0, 0.05) is 47.8 Å². The van der Waals surface area contributed by atoms with Crippen LogP contribution in [-0.2, 0) is 40.6 Å². The highest BCUT2D eigenvalue weighted by Crippen LogP contribution is 2.35. The Kier molecular flexibility index (Phi) is 15.1. The first-order chi connectivity index (χ1) is 29.1. The van der Waals surface area contributed by atoms with Crippen molar-refractivity contribution in [2.24, 2.45) is 0 Å². The Morgan fingerprint density at radius 3 is 2.42 bits per heavy atom. The largest absolute Gasteiger partial charge is 0.493 e. The van der Waals surface area contributed by atoms with Gasteiger partial charge in [0.15, 0.2) is 11.5 Å². The van der Waals surface area contributed by atoms with Crippen LogP contribution in [0.25, 0.3) is 0 Å². The molecular weight excluding hydrogens is 787 g/mol. The summed E-state index contributed by atoms with van der Waals surface area (Å²) in [5.41, 5.74) is 4.31. The Hall–Kier alpha value is -6.06. The Balaban J connectivity index is 0.861. The number of thiophene rings is 1. The number of methoxy groups -OCH3 is 1. The summed E-state index contributed by atoms with van der Waals surface area (Å²) in [6.07, 6.45) is 4.81. The number of carbonyl (C=O) groups excluding carboxylic acids is 6. The van der Waals surface area contributed by atoms with Crippen LogP contribution in [0.5, 0.6) is 17.2 Å². The van der Waals surface area contributed by atoms with E-state index < -0.39 is 11.8 Å². The van der Waals surface area contributed by atoms with Gasteiger partial charge in [0.2, 0.25) is 18.2 Å². The van der Waals surface area contributed by atoms with E-state index in [0.29, 0.717) is 80.3 Å². The third kappa shape index (κ3) is 10.6. The fourth-order valence-corrected chi connectivity index (χ4v) is 8.27. The number of anilines is 1. The molecule has 60 heavy (non-hydrogen) atoms. The van der Waals surface area contributed by atoms with E-state index in [0.717, 1.165) is 47.6 Å². The van der Waals surface area contributed by atoms with E-state index in [2.05, 4.69) is 16.0 Å². The summed E-state index contributed by atoms with van der Waals surface area (Å²) in [4.78, 5) is 78.7.